The van der Waals surface area contributed by atoms with Crippen molar-refractivity contribution in [1.82, 2.24) is 4.98 Å². The Morgan fingerprint density at radius 1 is 0.920 bits per heavy atom. The quantitative estimate of drug-likeness (QED) is 0.591. The largest absolute Gasteiger partial charge is 0.457 e. The first-order valence-corrected chi connectivity index (χ1v) is 11.4. The lowest BCUT2D eigenvalue weighted by molar-refractivity contribution is 0.484. The summed E-state index contributed by atoms with van der Waals surface area (Å²) < 4.78 is 48.0. The molecule has 0 N–H and O–H groups in total. The summed E-state index contributed by atoms with van der Waals surface area (Å²) in [5.74, 6) is -1.58. The second-order valence-corrected chi connectivity index (χ2v) is 12.0. The van der Waals surface area contributed by atoms with E-state index in [0.717, 1.165) is 6.07 Å². The Hall–Kier alpha value is -2.34. The molecule has 0 fully saturated rings. The number of hydrogen-bond acceptors (Lipinski definition) is 2. The van der Waals surface area contributed by atoms with Crippen LogP contribution in [0.5, 0.6) is 11.5 Å². The predicted molar refractivity (Wildman–Crippen MR) is 95.9 cm³/mol. The third-order valence-corrected chi connectivity index (χ3v) is 5.89. The minimum atomic E-state index is -2.03. The summed E-state index contributed by atoms with van der Waals surface area (Å²) >= 11 is 0. The molecule has 0 saturated carbocycles. The highest BCUT2D eigenvalue weighted by Crippen LogP contribution is 2.32. The molecule has 1 heterocycles. The molecule has 0 aliphatic heterocycles. The Balaban J connectivity index is 2.21. The molecule has 1 aromatic heterocycles. The summed E-state index contributed by atoms with van der Waals surface area (Å²) in [4.78, 5) is 4.07. The number of rotatable bonds is 3. The van der Waals surface area contributed by atoms with Crippen LogP contribution in [-0.4, -0.2) is 13.1 Å². The first kappa shape index (κ1) is 17.5. The molecule has 0 bridgehead atoms. The molecule has 0 atom stereocenters. The first-order chi connectivity index (χ1) is 11.7. The maximum Gasteiger partial charge on any atom is 0.185 e. The molecule has 25 heavy (non-hydrogen) atoms. The van der Waals surface area contributed by atoms with E-state index in [0.29, 0.717) is 27.8 Å². The van der Waals surface area contributed by atoms with Gasteiger partial charge in [-0.1, -0.05) is 25.7 Å². The number of benzene rings is 2. The standard InChI is InChI=1S/C19H18F3NOSi/c1-11-10-16(12-8-9-13(20)17(22)18(12)23-11)24-15-7-5-6-14(21)19(15)25(2,3)4/h5-10H,1-4H3. The van der Waals surface area contributed by atoms with Gasteiger partial charge in [0.15, 0.2) is 11.6 Å². The van der Waals surface area contributed by atoms with Crippen molar-refractivity contribution in [3.8, 4) is 11.5 Å². The molecule has 130 valence electrons. The fourth-order valence-corrected chi connectivity index (χ4v) is 4.52. The van der Waals surface area contributed by atoms with Crippen molar-refractivity contribution >= 4 is 24.2 Å². The maximum absolute atomic E-state index is 14.4. The van der Waals surface area contributed by atoms with Gasteiger partial charge in [0.05, 0.1) is 8.07 Å². The summed E-state index contributed by atoms with van der Waals surface area (Å²) in [5.41, 5.74) is 0.388. The number of halogens is 3. The zero-order valence-electron chi connectivity index (χ0n) is 14.5. The SMILES string of the molecule is Cc1cc(Oc2cccc(F)c2[Si](C)(C)C)c2ccc(F)c(F)c2n1. The van der Waals surface area contributed by atoms with Crippen molar-refractivity contribution in [3.05, 3.63) is 59.5 Å². The van der Waals surface area contributed by atoms with Crippen molar-refractivity contribution in [2.75, 3.05) is 0 Å². The number of pyridine rings is 1. The third-order valence-electron chi connectivity index (χ3n) is 3.91. The maximum atomic E-state index is 14.4. The van der Waals surface area contributed by atoms with E-state index < -0.39 is 19.7 Å². The van der Waals surface area contributed by atoms with Gasteiger partial charge >= 0.3 is 0 Å². The Bertz CT molecular complexity index is 967. The molecule has 2 nitrogen and oxygen atoms in total. The van der Waals surface area contributed by atoms with Gasteiger partial charge in [0, 0.05) is 22.3 Å². The number of fused-ring (bicyclic) bond motifs is 1. The van der Waals surface area contributed by atoms with Gasteiger partial charge < -0.3 is 4.74 Å². The van der Waals surface area contributed by atoms with Gasteiger partial charge in [0.25, 0.3) is 0 Å². The highest BCUT2D eigenvalue weighted by Gasteiger charge is 2.26. The lowest BCUT2D eigenvalue weighted by Gasteiger charge is -2.22. The van der Waals surface area contributed by atoms with Crippen molar-refractivity contribution < 1.29 is 17.9 Å². The summed E-state index contributed by atoms with van der Waals surface area (Å²) in [7, 11) is -2.03. The fourth-order valence-electron chi connectivity index (χ4n) is 2.84. The average molecular weight is 361 g/mol. The molecule has 2 aromatic carbocycles. The van der Waals surface area contributed by atoms with Crippen LogP contribution in [0.2, 0.25) is 19.6 Å². The van der Waals surface area contributed by atoms with Gasteiger partial charge in [-0.25, -0.2) is 18.2 Å². The normalized spacial score (nSPS) is 11.8. The summed E-state index contributed by atoms with van der Waals surface area (Å²) in [6.07, 6.45) is 0. The number of nitrogens with zero attached hydrogens (tertiary/aromatic N) is 1. The Kier molecular flexibility index (Phi) is 4.32. The van der Waals surface area contributed by atoms with Gasteiger partial charge in [-0.15, -0.1) is 0 Å². The van der Waals surface area contributed by atoms with Crippen LogP contribution in [-0.2, 0) is 0 Å². The molecule has 6 heteroatoms. The van der Waals surface area contributed by atoms with E-state index >= 15 is 0 Å². The number of ether oxygens (including phenoxy) is 1. The fraction of sp³-hybridized carbons (Fsp3) is 0.211. The van der Waals surface area contributed by atoms with Crippen molar-refractivity contribution in [2.45, 2.75) is 26.6 Å². The topological polar surface area (TPSA) is 22.1 Å². The number of hydrogen-bond donors (Lipinski definition) is 0. The summed E-state index contributed by atoms with van der Waals surface area (Å²) in [6.45, 7) is 7.72. The molecule has 3 aromatic rings. The molecule has 0 saturated heterocycles. The van der Waals surface area contributed by atoms with Crippen molar-refractivity contribution in [2.24, 2.45) is 0 Å². The number of aryl methyl sites for hydroxylation is 1. The summed E-state index contributed by atoms with van der Waals surface area (Å²) in [5, 5.41) is 0.899. The molecular formula is C19H18F3NOSi. The molecule has 0 aliphatic carbocycles. The monoisotopic (exact) mass is 361 g/mol. The van der Waals surface area contributed by atoms with Crippen LogP contribution in [0.4, 0.5) is 13.2 Å². The summed E-state index contributed by atoms with van der Waals surface area (Å²) in [6, 6.07) is 8.77. The van der Waals surface area contributed by atoms with Crippen LogP contribution in [0, 0.1) is 24.4 Å². The minimum Gasteiger partial charge on any atom is -0.457 e. The first-order valence-electron chi connectivity index (χ1n) is 7.90. The molecule has 0 aliphatic rings. The lowest BCUT2D eigenvalue weighted by atomic mass is 10.1. The highest BCUT2D eigenvalue weighted by atomic mass is 28.3. The molecule has 3 rings (SSSR count). The second kappa shape index (κ2) is 6.18. The van der Waals surface area contributed by atoms with Gasteiger partial charge in [-0.3, -0.25) is 0 Å². The lowest BCUT2D eigenvalue weighted by Crippen LogP contribution is -2.40. The van der Waals surface area contributed by atoms with Gasteiger partial charge in [0.2, 0.25) is 0 Å². The van der Waals surface area contributed by atoms with E-state index in [1.807, 2.05) is 19.6 Å². The van der Waals surface area contributed by atoms with E-state index in [2.05, 4.69) is 4.98 Å². The zero-order chi connectivity index (χ0) is 18.4. The van der Waals surface area contributed by atoms with Crippen molar-refractivity contribution in [1.29, 1.82) is 0 Å². The molecule has 0 amide bonds. The van der Waals surface area contributed by atoms with Crippen molar-refractivity contribution in [3.63, 3.8) is 0 Å². The smallest absolute Gasteiger partial charge is 0.185 e. The van der Waals surface area contributed by atoms with Crippen LogP contribution in [0.25, 0.3) is 10.9 Å². The second-order valence-electron chi connectivity index (χ2n) is 6.98. The van der Waals surface area contributed by atoms with Gasteiger partial charge in [0.1, 0.15) is 22.8 Å². The molecule has 0 radical (unpaired) electrons. The van der Waals surface area contributed by atoms with E-state index in [1.165, 1.54) is 12.1 Å². The molecular weight excluding hydrogens is 343 g/mol. The minimum absolute atomic E-state index is 0.0963. The van der Waals surface area contributed by atoms with Crippen LogP contribution in [0.3, 0.4) is 0 Å². The van der Waals surface area contributed by atoms with Crippen LogP contribution in [0.15, 0.2) is 36.4 Å². The van der Waals surface area contributed by atoms with E-state index in [4.69, 9.17) is 4.74 Å². The van der Waals surface area contributed by atoms with Crippen LogP contribution < -0.4 is 9.92 Å². The highest BCUT2D eigenvalue weighted by molar-refractivity contribution is 6.89. The Labute approximate surface area is 145 Å². The molecule has 0 unspecified atom stereocenters. The van der Waals surface area contributed by atoms with E-state index in [-0.39, 0.29) is 11.3 Å². The third kappa shape index (κ3) is 3.26. The molecule has 0 spiro atoms. The van der Waals surface area contributed by atoms with E-state index in [1.54, 1.807) is 25.1 Å². The van der Waals surface area contributed by atoms with Gasteiger partial charge in [-0.05, 0) is 31.2 Å². The zero-order valence-corrected chi connectivity index (χ0v) is 15.5. The predicted octanol–water partition coefficient (Wildman–Crippen LogP) is 5.30. The Morgan fingerprint density at radius 2 is 1.64 bits per heavy atom. The Morgan fingerprint density at radius 3 is 2.32 bits per heavy atom. The van der Waals surface area contributed by atoms with Gasteiger partial charge in [-0.2, -0.15) is 0 Å². The van der Waals surface area contributed by atoms with Crippen LogP contribution >= 0.6 is 0 Å². The van der Waals surface area contributed by atoms with Crippen LogP contribution in [0.1, 0.15) is 5.69 Å². The number of aromatic nitrogens is 1. The van der Waals surface area contributed by atoms with E-state index in [9.17, 15) is 13.2 Å². The average Bonchev–Trinajstić information content (AvgIpc) is 2.50.